The highest BCUT2D eigenvalue weighted by molar-refractivity contribution is 7.89. The molecule has 0 atom stereocenters. The number of sulfonamides is 1. The van der Waals surface area contributed by atoms with E-state index in [4.69, 9.17) is 9.15 Å². The van der Waals surface area contributed by atoms with Gasteiger partial charge in [0.2, 0.25) is 10.0 Å². The van der Waals surface area contributed by atoms with Gasteiger partial charge in [-0.1, -0.05) is 0 Å². The summed E-state index contributed by atoms with van der Waals surface area (Å²) in [5.74, 6) is 1.65. The third-order valence-corrected chi connectivity index (χ3v) is 4.66. The van der Waals surface area contributed by atoms with Crippen LogP contribution in [0.15, 0.2) is 27.5 Å². The third-order valence-electron chi connectivity index (χ3n) is 3.09. The van der Waals surface area contributed by atoms with Crippen molar-refractivity contribution in [1.82, 2.24) is 9.71 Å². The largest absolute Gasteiger partial charge is 0.497 e. The summed E-state index contributed by atoms with van der Waals surface area (Å²) >= 11 is 0. The number of oxazole rings is 1. The summed E-state index contributed by atoms with van der Waals surface area (Å²) in [5.41, 5.74) is 1.30. The fourth-order valence-corrected chi connectivity index (χ4v) is 3.23. The first-order valence-electron chi connectivity index (χ1n) is 6.40. The number of nitrogens with one attached hydrogen (secondary N) is 1. The van der Waals surface area contributed by atoms with E-state index in [0.717, 1.165) is 0 Å². The number of ether oxygens (including phenoxy) is 1. The molecule has 1 N–H and O–H groups in total. The lowest BCUT2D eigenvalue weighted by Crippen LogP contribution is -2.24. The van der Waals surface area contributed by atoms with Crippen molar-refractivity contribution in [2.45, 2.75) is 32.2 Å². The Kier molecular flexibility index (Phi) is 4.34. The SMILES string of the molecule is COc1ccc(S(=O)(=O)NCc2oc(C)nc2C)c(C)c1. The second-order valence-corrected chi connectivity index (χ2v) is 6.43. The van der Waals surface area contributed by atoms with E-state index < -0.39 is 10.0 Å². The maximum atomic E-state index is 12.3. The van der Waals surface area contributed by atoms with Crippen LogP contribution in [0.5, 0.6) is 5.75 Å². The number of hydrogen-bond acceptors (Lipinski definition) is 5. The van der Waals surface area contributed by atoms with Crippen LogP contribution in [0.25, 0.3) is 0 Å². The Bertz CT molecular complexity index is 750. The molecule has 21 heavy (non-hydrogen) atoms. The topological polar surface area (TPSA) is 81.4 Å². The quantitative estimate of drug-likeness (QED) is 0.914. The second-order valence-electron chi connectivity index (χ2n) is 4.70. The number of nitrogens with zero attached hydrogens (tertiary/aromatic N) is 1. The first kappa shape index (κ1) is 15.5. The highest BCUT2D eigenvalue weighted by Crippen LogP contribution is 2.21. The number of aryl methyl sites for hydroxylation is 3. The molecule has 2 aromatic rings. The van der Waals surface area contributed by atoms with E-state index in [9.17, 15) is 8.42 Å². The van der Waals surface area contributed by atoms with Gasteiger partial charge in [-0.2, -0.15) is 0 Å². The molecule has 1 heterocycles. The lowest BCUT2D eigenvalue weighted by molar-refractivity contribution is 0.414. The Hall–Kier alpha value is -1.86. The second kappa shape index (κ2) is 5.87. The summed E-state index contributed by atoms with van der Waals surface area (Å²) in [6, 6.07) is 4.82. The van der Waals surface area contributed by atoms with Crippen LogP contribution in [-0.2, 0) is 16.6 Å². The van der Waals surface area contributed by atoms with Crippen molar-refractivity contribution in [3.05, 3.63) is 41.1 Å². The molecular formula is C14H18N2O4S. The Morgan fingerprint density at radius 3 is 2.52 bits per heavy atom. The molecule has 1 aromatic heterocycles. The fraction of sp³-hybridized carbons (Fsp3) is 0.357. The molecule has 0 aliphatic carbocycles. The zero-order chi connectivity index (χ0) is 15.6. The number of benzene rings is 1. The van der Waals surface area contributed by atoms with Gasteiger partial charge in [0.05, 0.1) is 24.2 Å². The normalized spacial score (nSPS) is 11.6. The summed E-state index contributed by atoms with van der Waals surface area (Å²) in [7, 11) is -2.08. The first-order valence-corrected chi connectivity index (χ1v) is 7.89. The van der Waals surface area contributed by atoms with Crippen LogP contribution in [0.1, 0.15) is 22.9 Å². The van der Waals surface area contributed by atoms with E-state index in [0.29, 0.717) is 28.7 Å². The summed E-state index contributed by atoms with van der Waals surface area (Å²) in [6.07, 6.45) is 0. The Morgan fingerprint density at radius 2 is 2.00 bits per heavy atom. The first-order chi connectivity index (χ1) is 9.83. The number of rotatable bonds is 5. The van der Waals surface area contributed by atoms with Crippen LogP contribution in [0.3, 0.4) is 0 Å². The van der Waals surface area contributed by atoms with Crippen LogP contribution >= 0.6 is 0 Å². The zero-order valence-electron chi connectivity index (χ0n) is 12.4. The molecular weight excluding hydrogens is 292 g/mol. The summed E-state index contributed by atoms with van der Waals surface area (Å²) in [5, 5.41) is 0. The minimum atomic E-state index is -3.61. The predicted octanol–water partition coefficient (Wildman–Crippen LogP) is 2.09. The average Bonchev–Trinajstić information content (AvgIpc) is 2.74. The van der Waals surface area contributed by atoms with Crippen molar-refractivity contribution >= 4 is 10.0 Å². The monoisotopic (exact) mass is 310 g/mol. The van der Waals surface area contributed by atoms with Crippen LogP contribution in [0.2, 0.25) is 0 Å². The van der Waals surface area contributed by atoms with Gasteiger partial charge >= 0.3 is 0 Å². The Balaban J connectivity index is 2.20. The molecule has 0 saturated heterocycles. The van der Waals surface area contributed by atoms with Gasteiger partial charge in [-0.05, 0) is 37.6 Å². The summed E-state index contributed by atoms with van der Waals surface area (Å²) < 4.78 is 37.6. The van der Waals surface area contributed by atoms with Gasteiger partial charge < -0.3 is 9.15 Å². The predicted molar refractivity (Wildman–Crippen MR) is 77.7 cm³/mol. The van der Waals surface area contributed by atoms with Crippen molar-refractivity contribution in [3.63, 3.8) is 0 Å². The molecule has 0 radical (unpaired) electrons. The van der Waals surface area contributed by atoms with Gasteiger partial charge in [-0.25, -0.2) is 18.1 Å². The molecule has 1 aromatic carbocycles. The minimum Gasteiger partial charge on any atom is -0.497 e. The molecule has 6 nitrogen and oxygen atoms in total. The molecule has 0 fully saturated rings. The molecule has 114 valence electrons. The highest BCUT2D eigenvalue weighted by atomic mass is 32.2. The lowest BCUT2D eigenvalue weighted by Gasteiger charge is -2.10. The van der Waals surface area contributed by atoms with Crippen molar-refractivity contribution < 1.29 is 17.6 Å². The van der Waals surface area contributed by atoms with Crippen LogP contribution < -0.4 is 9.46 Å². The van der Waals surface area contributed by atoms with Gasteiger partial charge in [0.1, 0.15) is 11.5 Å². The average molecular weight is 310 g/mol. The fourth-order valence-electron chi connectivity index (χ4n) is 2.03. The van der Waals surface area contributed by atoms with Gasteiger partial charge in [-0.3, -0.25) is 0 Å². The Labute approximate surface area is 124 Å². The standard InChI is InChI=1S/C14H18N2O4S/c1-9-7-12(19-4)5-6-14(9)21(17,18)15-8-13-10(2)16-11(3)20-13/h5-7,15H,8H2,1-4H3. The summed E-state index contributed by atoms with van der Waals surface area (Å²) in [6.45, 7) is 5.29. The van der Waals surface area contributed by atoms with Crippen molar-refractivity contribution in [3.8, 4) is 5.75 Å². The highest BCUT2D eigenvalue weighted by Gasteiger charge is 2.18. The Morgan fingerprint density at radius 1 is 1.29 bits per heavy atom. The van der Waals surface area contributed by atoms with Crippen LogP contribution in [0.4, 0.5) is 0 Å². The molecule has 0 saturated carbocycles. The number of aromatic nitrogens is 1. The van der Waals surface area contributed by atoms with Gasteiger partial charge in [-0.15, -0.1) is 0 Å². The van der Waals surface area contributed by atoms with E-state index in [1.54, 1.807) is 32.9 Å². The maximum absolute atomic E-state index is 12.3. The number of methoxy groups -OCH3 is 1. The van der Waals surface area contributed by atoms with E-state index in [2.05, 4.69) is 9.71 Å². The number of hydrogen-bond donors (Lipinski definition) is 1. The molecule has 0 amide bonds. The van der Waals surface area contributed by atoms with E-state index in [1.165, 1.54) is 13.2 Å². The molecule has 0 bridgehead atoms. The smallest absolute Gasteiger partial charge is 0.241 e. The van der Waals surface area contributed by atoms with Crippen molar-refractivity contribution in [2.24, 2.45) is 0 Å². The van der Waals surface area contributed by atoms with Crippen molar-refractivity contribution in [1.29, 1.82) is 0 Å². The van der Waals surface area contributed by atoms with Gasteiger partial charge in [0, 0.05) is 6.92 Å². The van der Waals surface area contributed by atoms with Gasteiger partial charge in [0.15, 0.2) is 5.89 Å². The molecule has 7 heteroatoms. The van der Waals surface area contributed by atoms with Crippen molar-refractivity contribution in [2.75, 3.05) is 7.11 Å². The van der Waals surface area contributed by atoms with E-state index in [1.807, 2.05) is 0 Å². The minimum absolute atomic E-state index is 0.0699. The third kappa shape index (κ3) is 3.43. The molecule has 0 unspecified atom stereocenters. The van der Waals surface area contributed by atoms with Crippen LogP contribution in [-0.4, -0.2) is 20.5 Å². The maximum Gasteiger partial charge on any atom is 0.241 e. The lowest BCUT2D eigenvalue weighted by atomic mass is 10.2. The van der Waals surface area contributed by atoms with E-state index in [-0.39, 0.29) is 11.4 Å². The van der Waals surface area contributed by atoms with Gasteiger partial charge in [0.25, 0.3) is 0 Å². The zero-order valence-corrected chi connectivity index (χ0v) is 13.2. The van der Waals surface area contributed by atoms with Crippen LogP contribution in [0, 0.1) is 20.8 Å². The molecule has 2 rings (SSSR count). The molecule has 0 spiro atoms. The summed E-state index contributed by atoms with van der Waals surface area (Å²) in [4.78, 5) is 4.33. The molecule has 0 aliphatic heterocycles. The molecule has 0 aliphatic rings. The van der Waals surface area contributed by atoms with E-state index >= 15 is 0 Å².